The predicted molar refractivity (Wildman–Crippen MR) is 110 cm³/mol. The fourth-order valence-corrected chi connectivity index (χ4v) is 2.94. The lowest BCUT2D eigenvalue weighted by atomic mass is 9.89. The van der Waals surface area contributed by atoms with E-state index in [1.54, 1.807) is 13.8 Å². The van der Waals surface area contributed by atoms with E-state index in [4.69, 9.17) is 4.98 Å². The Labute approximate surface area is 166 Å². The molecule has 0 aromatic carbocycles. The molecule has 0 aliphatic carbocycles. The van der Waals surface area contributed by atoms with E-state index >= 15 is 0 Å². The molecule has 7 heteroatoms. The molecule has 0 saturated carbocycles. The van der Waals surface area contributed by atoms with Crippen molar-refractivity contribution in [2.45, 2.75) is 73.3 Å². The van der Waals surface area contributed by atoms with Gasteiger partial charge in [0.05, 0.1) is 27.6 Å². The van der Waals surface area contributed by atoms with E-state index in [1.807, 2.05) is 31.5 Å². The van der Waals surface area contributed by atoms with Gasteiger partial charge in [0.25, 0.3) is 5.91 Å². The van der Waals surface area contributed by atoms with E-state index in [2.05, 4.69) is 31.2 Å². The largest absolute Gasteiger partial charge is 0.481 e. The summed E-state index contributed by atoms with van der Waals surface area (Å²) in [6, 6.07) is 1.83. The Kier molecular flexibility index (Phi) is 5.87. The van der Waals surface area contributed by atoms with Crippen LogP contribution in [0.5, 0.6) is 0 Å². The minimum absolute atomic E-state index is 0.158. The molecule has 0 unspecified atom stereocenters. The molecule has 0 bridgehead atoms. The minimum atomic E-state index is -0.892. The molecular weight excluding hydrogens is 356 g/mol. The number of amides is 1. The van der Waals surface area contributed by atoms with Gasteiger partial charge in [-0.2, -0.15) is 5.10 Å². The molecule has 2 heterocycles. The molecule has 0 fully saturated rings. The zero-order chi connectivity index (χ0) is 21.4. The quantitative estimate of drug-likeness (QED) is 0.783. The van der Waals surface area contributed by atoms with Crippen molar-refractivity contribution in [3.05, 3.63) is 23.0 Å². The number of aromatic nitrogens is 3. The normalized spacial score (nSPS) is 12.6. The van der Waals surface area contributed by atoms with Crippen LogP contribution in [0.1, 0.15) is 82.6 Å². The Hall–Kier alpha value is -2.44. The second-order valence-electron chi connectivity index (χ2n) is 9.31. The molecule has 0 radical (unpaired) electrons. The summed E-state index contributed by atoms with van der Waals surface area (Å²) in [5.74, 6) is -0.949. The predicted octanol–water partition coefficient (Wildman–Crippen LogP) is 3.85. The summed E-state index contributed by atoms with van der Waals surface area (Å²) in [6.45, 7) is 15.7. The van der Waals surface area contributed by atoms with Gasteiger partial charge in [0.2, 0.25) is 0 Å². The molecule has 1 amide bonds. The molecule has 0 aliphatic heterocycles. The number of carbonyl (C=O) groups excluding carboxylic acids is 1. The molecule has 0 aliphatic rings. The number of carbonyl (C=O) groups is 2. The van der Waals surface area contributed by atoms with E-state index in [1.165, 1.54) is 0 Å². The second-order valence-corrected chi connectivity index (χ2v) is 9.31. The summed E-state index contributed by atoms with van der Waals surface area (Å²) in [5, 5.41) is 17.5. The van der Waals surface area contributed by atoms with Gasteiger partial charge < -0.3 is 10.4 Å². The number of aliphatic carboxylic acids is 1. The number of hydrogen-bond donors (Lipinski definition) is 2. The van der Waals surface area contributed by atoms with E-state index in [0.29, 0.717) is 17.6 Å². The van der Waals surface area contributed by atoms with Gasteiger partial charge in [0.15, 0.2) is 5.65 Å². The monoisotopic (exact) mass is 388 g/mol. The SMILES string of the molecule is Cc1nn(C(C)(C)C)c2nc(C(C)C)cc(C(=O)NCCC(C)(C)C(=O)O)c12. The third-order valence-electron chi connectivity index (χ3n) is 4.92. The molecular formula is C21H32N4O3. The first-order valence-corrected chi connectivity index (χ1v) is 9.68. The average Bonchev–Trinajstić information content (AvgIpc) is 2.90. The highest BCUT2D eigenvalue weighted by Gasteiger charge is 2.28. The Bertz CT molecular complexity index is 904. The lowest BCUT2D eigenvalue weighted by molar-refractivity contribution is -0.147. The summed E-state index contributed by atoms with van der Waals surface area (Å²) in [6.07, 6.45) is 0.347. The van der Waals surface area contributed by atoms with Crippen molar-refractivity contribution in [1.82, 2.24) is 20.1 Å². The van der Waals surface area contributed by atoms with Crippen LogP contribution in [-0.4, -0.2) is 38.3 Å². The summed E-state index contributed by atoms with van der Waals surface area (Å²) in [4.78, 5) is 29.0. The molecule has 0 atom stereocenters. The topological polar surface area (TPSA) is 97.1 Å². The third-order valence-corrected chi connectivity index (χ3v) is 4.92. The average molecular weight is 389 g/mol. The van der Waals surface area contributed by atoms with Gasteiger partial charge in [0, 0.05) is 12.2 Å². The van der Waals surface area contributed by atoms with Crippen LogP contribution in [0.4, 0.5) is 0 Å². The van der Waals surface area contributed by atoms with Gasteiger partial charge in [-0.25, -0.2) is 9.67 Å². The number of carboxylic acids is 1. The lowest BCUT2D eigenvalue weighted by Crippen LogP contribution is -2.32. The number of pyridine rings is 1. The first kappa shape index (κ1) is 21.9. The fraction of sp³-hybridized carbons (Fsp3) is 0.619. The van der Waals surface area contributed by atoms with Crippen molar-refractivity contribution in [1.29, 1.82) is 0 Å². The minimum Gasteiger partial charge on any atom is -0.481 e. The van der Waals surface area contributed by atoms with Gasteiger partial charge >= 0.3 is 5.97 Å². The van der Waals surface area contributed by atoms with Crippen molar-refractivity contribution in [2.24, 2.45) is 5.41 Å². The van der Waals surface area contributed by atoms with Crippen LogP contribution in [0, 0.1) is 12.3 Å². The number of aryl methyl sites for hydroxylation is 1. The number of fused-ring (bicyclic) bond motifs is 1. The number of nitrogens with one attached hydrogen (secondary N) is 1. The number of rotatable bonds is 6. The summed E-state index contributed by atoms with van der Waals surface area (Å²) >= 11 is 0. The van der Waals surface area contributed by atoms with Crippen LogP contribution >= 0.6 is 0 Å². The van der Waals surface area contributed by atoms with Gasteiger partial charge in [0.1, 0.15) is 0 Å². The van der Waals surface area contributed by atoms with Crippen molar-refractivity contribution >= 4 is 22.9 Å². The lowest BCUT2D eigenvalue weighted by Gasteiger charge is -2.21. The first-order chi connectivity index (χ1) is 12.8. The van der Waals surface area contributed by atoms with Crippen LogP contribution in [0.15, 0.2) is 6.07 Å². The van der Waals surface area contributed by atoms with Gasteiger partial charge in [-0.3, -0.25) is 9.59 Å². The molecule has 2 aromatic heterocycles. The Morgan fingerprint density at radius 3 is 2.32 bits per heavy atom. The van der Waals surface area contributed by atoms with Crippen molar-refractivity contribution in [3.8, 4) is 0 Å². The standard InChI is InChI=1S/C21H32N4O3/c1-12(2)15-11-14(18(26)22-10-9-21(7,8)19(27)28)16-13(3)24-25(17(16)23-15)20(4,5)6/h11-12H,9-10H2,1-8H3,(H,22,26)(H,27,28). The molecule has 2 aromatic rings. The molecule has 2 N–H and O–H groups in total. The maximum atomic E-state index is 13.0. The van der Waals surface area contributed by atoms with E-state index in [0.717, 1.165) is 16.8 Å². The van der Waals surface area contributed by atoms with E-state index < -0.39 is 11.4 Å². The zero-order valence-corrected chi connectivity index (χ0v) is 18.2. The Balaban J connectivity index is 2.47. The third kappa shape index (κ3) is 4.34. The molecule has 154 valence electrons. The van der Waals surface area contributed by atoms with Crippen LogP contribution in [0.2, 0.25) is 0 Å². The van der Waals surface area contributed by atoms with Gasteiger partial charge in [-0.1, -0.05) is 13.8 Å². The zero-order valence-electron chi connectivity index (χ0n) is 18.2. The Morgan fingerprint density at radius 1 is 1.21 bits per heavy atom. The summed E-state index contributed by atoms with van der Waals surface area (Å²) in [5.41, 5.74) is 1.66. The van der Waals surface area contributed by atoms with Crippen LogP contribution in [0.3, 0.4) is 0 Å². The highest BCUT2D eigenvalue weighted by Crippen LogP contribution is 2.29. The van der Waals surface area contributed by atoms with Gasteiger partial charge in [-0.05, 0) is 59.9 Å². The number of carboxylic acid groups (broad SMARTS) is 1. The van der Waals surface area contributed by atoms with Crippen molar-refractivity contribution in [3.63, 3.8) is 0 Å². The number of nitrogens with zero attached hydrogens (tertiary/aromatic N) is 3. The van der Waals surface area contributed by atoms with Crippen LogP contribution in [-0.2, 0) is 10.3 Å². The summed E-state index contributed by atoms with van der Waals surface area (Å²) < 4.78 is 1.87. The van der Waals surface area contributed by atoms with E-state index in [-0.39, 0.29) is 23.9 Å². The van der Waals surface area contributed by atoms with Gasteiger partial charge in [-0.15, -0.1) is 0 Å². The smallest absolute Gasteiger partial charge is 0.309 e. The first-order valence-electron chi connectivity index (χ1n) is 9.68. The highest BCUT2D eigenvalue weighted by molar-refractivity contribution is 6.06. The maximum Gasteiger partial charge on any atom is 0.309 e. The summed E-state index contributed by atoms with van der Waals surface area (Å²) in [7, 11) is 0. The molecule has 0 spiro atoms. The van der Waals surface area contributed by atoms with Crippen molar-refractivity contribution < 1.29 is 14.7 Å². The molecule has 28 heavy (non-hydrogen) atoms. The molecule has 2 rings (SSSR count). The molecule has 0 saturated heterocycles. The Morgan fingerprint density at radius 2 is 1.82 bits per heavy atom. The second kappa shape index (κ2) is 7.53. The van der Waals surface area contributed by atoms with Crippen LogP contribution in [0.25, 0.3) is 11.0 Å². The fourth-order valence-electron chi connectivity index (χ4n) is 2.94. The number of hydrogen-bond acceptors (Lipinski definition) is 4. The molecule has 7 nitrogen and oxygen atoms in total. The highest BCUT2D eigenvalue weighted by atomic mass is 16.4. The van der Waals surface area contributed by atoms with Crippen molar-refractivity contribution in [2.75, 3.05) is 6.54 Å². The van der Waals surface area contributed by atoms with E-state index in [9.17, 15) is 14.7 Å². The maximum absolute atomic E-state index is 13.0. The van der Waals surface area contributed by atoms with Crippen LogP contribution < -0.4 is 5.32 Å².